The first-order chi connectivity index (χ1) is 6.63. The van der Waals surface area contributed by atoms with E-state index in [1.165, 1.54) is 9.75 Å². The lowest BCUT2D eigenvalue weighted by atomic mass is 10.2. The van der Waals surface area contributed by atoms with E-state index < -0.39 is 0 Å². The van der Waals surface area contributed by atoms with Crippen LogP contribution in [0.3, 0.4) is 0 Å². The van der Waals surface area contributed by atoms with Gasteiger partial charge in [0.1, 0.15) is 0 Å². The third-order valence-electron chi connectivity index (χ3n) is 1.89. The van der Waals surface area contributed by atoms with Crippen molar-refractivity contribution in [1.82, 2.24) is 5.32 Å². The molecule has 0 saturated carbocycles. The normalized spacial score (nSPS) is 12.5. The second-order valence-electron chi connectivity index (χ2n) is 3.18. The van der Waals surface area contributed by atoms with Crippen LogP contribution in [-0.2, 0) is 4.79 Å². The first-order valence-corrected chi connectivity index (χ1v) is 5.90. The highest BCUT2D eigenvalue weighted by Crippen LogP contribution is 2.22. The summed E-state index contributed by atoms with van der Waals surface area (Å²) >= 11 is 7.18. The first-order valence-electron chi connectivity index (χ1n) is 4.55. The summed E-state index contributed by atoms with van der Waals surface area (Å²) in [5.41, 5.74) is 0. The van der Waals surface area contributed by atoms with E-state index in [1.54, 1.807) is 11.3 Å². The monoisotopic (exact) mass is 231 g/mol. The van der Waals surface area contributed by atoms with Crippen molar-refractivity contribution in [2.75, 3.05) is 5.88 Å². The molecule has 0 aromatic carbocycles. The van der Waals surface area contributed by atoms with E-state index in [0.29, 0.717) is 12.3 Å². The molecule has 0 bridgehead atoms. The van der Waals surface area contributed by atoms with Gasteiger partial charge in [-0.3, -0.25) is 4.79 Å². The summed E-state index contributed by atoms with van der Waals surface area (Å²) in [5.74, 6) is 0.390. The van der Waals surface area contributed by atoms with Gasteiger partial charge >= 0.3 is 0 Å². The van der Waals surface area contributed by atoms with Gasteiger partial charge in [-0.1, -0.05) is 0 Å². The van der Waals surface area contributed by atoms with Crippen molar-refractivity contribution >= 4 is 28.8 Å². The number of hydrogen-bond donors (Lipinski definition) is 1. The molecular formula is C10H14ClNOS. The molecule has 0 spiro atoms. The maximum Gasteiger partial charge on any atom is 0.221 e. The summed E-state index contributed by atoms with van der Waals surface area (Å²) in [7, 11) is 0. The number of carbonyl (C=O) groups excluding carboxylic acids is 1. The average Bonchev–Trinajstić information content (AvgIpc) is 2.52. The molecule has 1 amide bonds. The predicted molar refractivity (Wildman–Crippen MR) is 61.0 cm³/mol. The molecule has 14 heavy (non-hydrogen) atoms. The highest BCUT2D eigenvalue weighted by Gasteiger charge is 2.10. The van der Waals surface area contributed by atoms with Crippen molar-refractivity contribution in [3.63, 3.8) is 0 Å². The number of aryl methyl sites for hydroxylation is 1. The lowest BCUT2D eigenvalue weighted by Crippen LogP contribution is -2.26. The molecule has 1 atom stereocenters. The molecule has 1 rings (SSSR count). The number of amides is 1. The van der Waals surface area contributed by atoms with E-state index in [2.05, 4.69) is 18.3 Å². The highest BCUT2D eigenvalue weighted by atomic mass is 35.5. The van der Waals surface area contributed by atoms with Crippen LogP contribution in [0.1, 0.15) is 29.1 Å². The molecule has 2 nitrogen and oxygen atoms in total. The second kappa shape index (κ2) is 5.37. The van der Waals surface area contributed by atoms with Gasteiger partial charge in [0.15, 0.2) is 0 Å². The first kappa shape index (κ1) is 11.5. The molecule has 0 saturated heterocycles. The Bertz CT molecular complexity index is 311. The summed E-state index contributed by atoms with van der Waals surface area (Å²) in [6.07, 6.45) is 0.385. The van der Waals surface area contributed by atoms with Crippen LogP contribution < -0.4 is 5.32 Å². The van der Waals surface area contributed by atoms with Gasteiger partial charge in [-0.25, -0.2) is 0 Å². The van der Waals surface area contributed by atoms with Crippen LogP contribution in [-0.4, -0.2) is 11.8 Å². The Morgan fingerprint density at radius 2 is 2.36 bits per heavy atom. The molecule has 1 aromatic rings. The number of halogens is 1. The van der Waals surface area contributed by atoms with Crippen LogP contribution in [0.5, 0.6) is 0 Å². The van der Waals surface area contributed by atoms with Gasteiger partial charge < -0.3 is 5.32 Å². The molecular weight excluding hydrogens is 218 g/mol. The number of thiophene rings is 1. The number of hydrogen-bond acceptors (Lipinski definition) is 2. The number of carbonyl (C=O) groups is 1. The van der Waals surface area contributed by atoms with E-state index in [0.717, 1.165) is 0 Å². The summed E-state index contributed by atoms with van der Waals surface area (Å²) in [5, 5.41) is 2.90. The third kappa shape index (κ3) is 3.31. The number of nitrogens with one attached hydrogen (secondary N) is 1. The maximum atomic E-state index is 11.2. The Kier molecular flexibility index (Phi) is 4.42. The highest BCUT2D eigenvalue weighted by molar-refractivity contribution is 7.12. The van der Waals surface area contributed by atoms with E-state index in [9.17, 15) is 4.79 Å². The second-order valence-corrected chi connectivity index (χ2v) is 4.87. The Hall–Kier alpha value is -0.540. The van der Waals surface area contributed by atoms with Crippen LogP contribution >= 0.6 is 22.9 Å². The third-order valence-corrected chi connectivity index (χ3v) is 3.26. The van der Waals surface area contributed by atoms with Gasteiger partial charge in [-0.05, 0) is 26.0 Å². The zero-order chi connectivity index (χ0) is 10.6. The maximum absolute atomic E-state index is 11.2. The van der Waals surface area contributed by atoms with Gasteiger partial charge in [-0.15, -0.1) is 22.9 Å². The van der Waals surface area contributed by atoms with Crippen LogP contribution in [0, 0.1) is 6.92 Å². The Labute approximate surface area is 93.3 Å². The molecule has 78 valence electrons. The van der Waals surface area contributed by atoms with Crippen molar-refractivity contribution in [3.8, 4) is 0 Å². The summed E-state index contributed by atoms with van der Waals surface area (Å²) < 4.78 is 0. The van der Waals surface area contributed by atoms with Gasteiger partial charge in [-0.2, -0.15) is 0 Å². The molecule has 1 unspecified atom stereocenters. The van der Waals surface area contributed by atoms with E-state index in [1.807, 2.05) is 13.0 Å². The molecule has 0 fully saturated rings. The van der Waals surface area contributed by atoms with E-state index in [4.69, 9.17) is 11.6 Å². The minimum atomic E-state index is 0.0125. The zero-order valence-electron chi connectivity index (χ0n) is 8.34. The van der Waals surface area contributed by atoms with Gasteiger partial charge in [0.05, 0.1) is 6.04 Å². The van der Waals surface area contributed by atoms with Crippen molar-refractivity contribution < 1.29 is 4.79 Å². The lowest BCUT2D eigenvalue weighted by molar-refractivity contribution is -0.121. The minimum Gasteiger partial charge on any atom is -0.349 e. The van der Waals surface area contributed by atoms with E-state index in [-0.39, 0.29) is 11.9 Å². The smallest absolute Gasteiger partial charge is 0.221 e. The molecule has 0 aliphatic rings. The van der Waals surface area contributed by atoms with Crippen molar-refractivity contribution in [3.05, 3.63) is 21.9 Å². The Morgan fingerprint density at radius 1 is 1.64 bits per heavy atom. The van der Waals surface area contributed by atoms with Gasteiger partial charge in [0, 0.05) is 22.1 Å². The molecule has 0 aliphatic carbocycles. The fourth-order valence-corrected chi connectivity index (χ4v) is 2.21. The van der Waals surface area contributed by atoms with Crippen molar-refractivity contribution in [2.45, 2.75) is 26.3 Å². The SMILES string of the molecule is Cc1ccc(C(C)NC(=O)CCCl)s1. The summed E-state index contributed by atoms with van der Waals surface area (Å²) in [6, 6.07) is 4.19. The van der Waals surface area contributed by atoms with Gasteiger partial charge in [0.25, 0.3) is 0 Å². The topological polar surface area (TPSA) is 29.1 Å². The molecule has 1 N–H and O–H groups in total. The lowest BCUT2D eigenvalue weighted by Gasteiger charge is -2.11. The van der Waals surface area contributed by atoms with Gasteiger partial charge in [0.2, 0.25) is 5.91 Å². The quantitative estimate of drug-likeness (QED) is 0.794. The number of rotatable bonds is 4. The van der Waals surface area contributed by atoms with Crippen LogP contribution in [0.4, 0.5) is 0 Å². The largest absolute Gasteiger partial charge is 0.349 e. The Morgan fingerprint density at radius 3 is 2.86 bits per heavy atom. The van der Waals surface area contributed by atoms with Crippen molar-refractivity contribution in [1.29, 1.82) is 0 Å². The predicted octanol–water partition coefficient (Wildman–Crippen LogP) is 2.86. The van der Waals surface area contributed by atoms with Crippen molar-refractivity contribution in [2.24, 2.45) is 0 Å². The van der Waals surface area contributed by atoms with Crippen LogP contribution in [0.2, 0.25) is 0 Å². The fraction of sp³-hybridized carbons (Fsp3) is 0.500. The van der Waals surface area contributed by atoms with E-state index >= 15 is 0 Å². The Balaban J connectivity index is 2.50. The molecule has 0 aliphatic heterocycles. The molecule has 0 radical (unpaired) electrons. The minimum absolute atomic E-state index is 0.0125. The molecule has 1 aromatic heterocycles. The number of alkyl halides is 1. The summed E-state index contributed by atoms with van der Waals surface area (Å²) in [4.78, 5) is 13.7. The average molecular weight is 232 g/mol. The molecule has 1 heterocycles. The summed E-state index contributed by atoms with van der Waals surface area (Å²) in [6.45, 7) is 4.04. The fourth-order valence-electron chi connectivity index (χ4n) is 1.16. The standard InChI is InChI=1S/C10H14ClNOS/c1-7-3-4-9(14-7)8(2)12-10(13)5-6-11/h3-4,8H,5-6H2,1-2H3,(H,12,13). The molecule has 4 heteroatoms. The zero-order valence-corrected chi connectivity index (χ0v) is 9.91. The van der Waals surface area contributed by atoms with Crippen LogP contribution in [0.25, 0.3) is 0 Å². The van der Waals surface area contributed by atoms with Crippen LogP contribution in [0.15, 0.2) is 12.1 Å².